The lowest BCUT2D eigenvalue weighted by molar-refractivity contribution is 0.531. The lowest BCUT2D eigenvalue weighted by Crippen LogP contribution is -2.40. The van der Waals surface area contributed by atoms with Gasteiger partial charge in [-0.05, 0) is 35.1 Å². The summed E-state index contributed by atoms with van der Waals surface area (Å²) in [6.07, 6.45) is 2.49. The Kier molecular flexibility index (Phi) is 3.59. The van der Waals surface area contributed by atoms with Crippen LogP contribution in [0.4, 0.5) is 5.69 Å². The van der Waals surface area contributed by atoms with Crippen molar-refractivity contribution in [2.45, 2.75) is 24.7 Å². The summed E-state index contributed by atoms with van der Waals surface area (Å²) in [5.41, 5.74) is 7.47. The van der Waals surface area contributed by atoms with E-state index in [0.29, 0.717) is 11.8 Å². The van der Waals surface area contributed by atoms with Gasteiger partial charge in [-0.15, -0.1) is 0 Å². The number of hydrogen-bond donors (Lipinski definition) is 0. The number of para-hydroxylation sites is 1. The monoisotopic (exact) mass is 325 g/mol. The summed E-state index contributed by atoms with van der Waals surface area (Å²) in [6, 6.07) is 29.1. The van der Waals surface area contributed by atoms with Crippen LogP contribution in [0.3, 0.4) is 0 Å². The van der Waals surface area contributed by atoms with Crippen LogP contribution < -0.4 is 4.90 Å². The molecule has 0 saturated carbocycles. The molecule has 2 aliphatic heterocycles. The van der Waals surface area contributed by atoms with Crippen LogP contribution in [-0.2, 0) is 6.42 Å². The Morgan fingerprint density at radius 2 is 1.44 bits per heavy atom. The van der Waals surface area contributed by atoms with Crippen molar-refractivity contribution in [3.05, 3.63) is 101 Å². The van der Waals surface area contributed by atoms with Gasteiger partial charge >= 0.3 is 0 Å². The number of rotatable bonds is 2. The average molecular weight is 325 g/mol. The van der Waals surface area contributed by atoms with Crippen LogP contribution in [0, 0.1) is 0 Å². The van der Waals surface area contributed by atoms with Crippen molar-refractivity contribution >= 4 is 5.69 Å². The summed E-state index contributed by atoms with van der Waals surface area (Å²) in [4.78, 5) is 2.64. The fraction of sp³-hybridized carbons (Fsp3) is 0.250. The smallest absolute Gasteiger partial charge is 0.0438 e. The molecule has 0 radical (unpaired) electrons. The third-order valence-corrected chi connectivity index (χ3v) is 5.88. The Hall–Kier alpha value is -2.54. The van der Waals surface area contributed by atoms with E-state index in [1.807, 2.05) is 0 Å². The second-order valence-electron chi connectivity index (χ2n) is 7.31. The molecule has 0 aliphatic carbocycles. The molecule has 0 aromatic heterocycles. The highest BCUT2D eigenvalue weighted by molar-refractivity contribution is 5.67. The Bertz CT molecular complexity index is 869. The number of nitrogens with zero attached hydrogens (tertiary/aromatic N) is 1. The van der Waals surface area contributed by atoms with Crippen molar-refractivity contribution in [1.29, 1.82) is 0 Å². The molecule has 3 aromatic rings. The highest BCUT2D eigenvalue weighted by Crippen LogP contribution is 2.49. The van der Waals surface area contributed by atoms with Crippen LogP contribution >= 0.6 is 0 Å². The maximum atomic E-state index is 2.64. The quantitative estimate of drug-likeness (QED) is 0.612. The zero-order valence-corrected chi connectivity index (χ0v) is 14.4. The van der Waals surface area contributed by atoms with Crippen molar-refractivity contribution in [1.82, 2.24) is 0 Å². The van der Waals surface area contributed by atoms with E-state index in [1.165, 1.54) is 47.3 Å². The molecule has 0 N–H and O–H groups in total. The van der Waals surface area contributed by atoms with Crippen molar-refractivity contribution in [3.8, 4) is 0 Å². The van der Waals surface area contributed by atoms with Crippen LogP contribution in [0.5, 0.6) is 0 Å². The highest BCUT2D eigenvalue weighted by Gasteiger charge is 2.37. The lowest BCUT2D eigenvalue weighted by atomic mass is 9.72. The number of anilines is 1. The zero-order chi connectivity index (χ0) is 16.6. The summed E-state index contributed by atoms with van der Waals surface area (Å²) in [6.45, 7) is 2.31. The molecular formula is C24H23N. The van der Waals surface area contributed by atoms with Gasteiger partial charge in [0.1, 0.15) is 0 Å². The van der Waals surface area contributed by atoms with Gasteiger partial charge in [0.25, 0.3) is 0 Å². The fourth-order valence-electron chi connectivity index (χ4n) is 4.83. The third-order valence-electron chi connectivity index (χ3n) is 5.88. The molecule has 0 amide bonds. The maximum absolute atomic E-state index is 2.64. The summed E-state index contributed by atoms with van der Waals surface area (Å²) in [5.74, 6) is 0.942. The second kappa shape index (κ2) is 6.07. The van der Waals surface area contributed by atoms with Crippen molar-refractivity contribution in [2.24, 2.45) is 0 Å². The summed E-state index contributed by atoms with van der Waals surface area (Å²) in [7, 11) is 0. The van der Waals surface area contributed by atoms with E-state index in [4.69, 9.17) is 0 Å². The van der Waals surface area contributed by atoms with E-state index in [0.717, 1.165) is 6.54 Å². The molecule has 2 aliphatic rings. The lowest BCUT2D eigenvalue weighted by Gasteiger charge is -2.45. The van der Waals surface area contributed by atoms with E-state index in [9.17, 15) is 0 Å². The normalized spacial score (nSPS) is 21.7. The molecule has 0 fully saturated rings. The molecule has 25 heavy (non-hydrogen) atoms. The predicted molar refractivity (Wildman–Crippen MR) is 104 cm³/mol. The van der Waals surface area contributed by atoms with E-state index >= 15 is 0 Å². The molecule has 2 unspecified atom stereocenters. The Labute approximate surface area is 149 Å². The molecule has 124 valence electrons. The van der Waals surface area contributed by atoms with Gasteiger partial charge in [0, 0.05) is 30.6 Å². The van der Waals surface area contributed by atoms with Crippen LogP contribution in [0.2, 0.25) is 0 Å². The van der Waals surface area contributed by atoms with Gasteiger partial charge in [0.2, 0.25) is 0 Å². The predicted octanol–water partition coefficient (Wildman–Crippen LogP) is 5.37. The summed E-state index contributed by atoms with van der Waals surface area (Å²) in [5, 5.41) is 0. The van der Waals surface area contributed by atoms with Crippen molar-refractivity contribution < 1.29 is 0 Å². The van der Waals surface area contributed by atoms with Crippen molar-refractivity contribution in [2.75, 3.05) is 18.0 Å². The van der Waals surface area contributed by atoms with Crippen LogP contribution in [-0.4, -0.2) is 13.1 Å². The Balaban J connectivity index is 1.72. The SMILES string of the molecule is c1ccc(C2CN3CCCc4cccc(c43)C2c2ccccc2)cc1. The van der Waals surface area contributed by atoms with Gasteiger partial charge in [0.15, 0.2) is 0 Å². The first-order valence-electron chi connectivity index (χ1n) is 9.38. The fourth-order valence-corrected chi connectivity index (χ4v) is 4.83. The molecule has 2 atom stereocenters. The molecule has 0 spiro atoms. The maximum Gasteiger partial charge on any atom is 0.0438 e. The minimum atomic E-state index is 0.438. The molecular weight excluding hydrogens is 302 g/mol. The second-order valence-corrected chi connectivity index (χ2v) is 7.31. The zero-order valence-electron chi connectivity index (χ0n) is 14.4. The molecule has 0 bridgehead atoms. The molecule has 2 heterocycles. The van der Waals surface area contributed by atoms with Crippen LogP contribution in [0.25, 0.3) is 0 Å². The van der Waals surface area contributed by atoms with Crippen LogP contribution in [0.1, 0.15) is 40.5 Å². The van der Waals surface area contributed by atoms with Gasteiger partial charge < -0.3 is 4.90 Å². The van der Waals surface area contributed by atoms with E-state index in [-0.39, 0.29) is 0 Å². The third kappa shape index (κ3) is 2.46. The molecule has 1 heteroatoms. The largest absolute Gasteiger partial charge is 0.370 e. The van der Waals surface area contributed by atoms with E-state index in [1.54, 1.807) is 0 Å². The number of benzene rings is 3. The average Bonchev–Trinajstić information content (AvgIpc) is 2.69. The van der Waals surface area contributed by atoms with Gasteiger partial charge in [-0.1, -0.05) is 78.9 Å². The highest BCUT2D eigenvalue weighted by atomic mass is 15.1. The van der Waals surface area contributed by atoms with E-state index in [2.05, 4.69) is 83.8 Å². The van der Waals surface area contributed by atoms with Gasteiger partial charge in [-0.2, -0.15) is 0 Å². The van der Waals surface area contributed by atoms with Crippen LogP contribution in [0.15, 0.2) is 78.9 Å². The van der Waals surface area contributed by atoms with Crippen molar-refractivity contribution in [3.63, 3.8) is 0 Å². The standard InChI is InChI=1S/C24H23N/c1-3-9-18(10-4-1)22-17-25-16-8-14-20-13-7-15-21(24(20)25)23(22)19-11-5-2-6-12-19/h1-7,9-13,15,22-23H,8,14,16-17H2. The Morgan fingerprint density at radius 3 is 2.20 bits per heavy atom. The molecule has 0 saturated heterocycles. The first kappa shape index (κ1) is 14.8. The van der Waals surface area contributed by atoms with Gasteiger partial charge in [-0.3, -0.25) is 0 Å². The number of hydrogen-bond acceptors (Lipinski definition) is 1. The minimum absolute atomic E-state index is 0.438. The summed E-state index contributed by atoms with van der Waals surface area (Å²) < 4.78 is 0. The minimum Gasteiger partial charge on any atom is -0.370 e. The Morgan fingerprint density at radius 1 is 0.720 bits per heavy atom. The van der Waals surface area contributed by atoms with E-state index < -0.39 is 0 Å². The van der Waals surface area contributed by atoms with Gasteiger partial charge in [-0.25, -0.2) is 0 Å². The molecule has 5 rings (SSSR count). The first-order valence-corrected chi connectivity index (χ1v) is 9.38. The topological polar surface area (TPSA) is 3.24 Å². The number of aryl methyl sites for hydroxylation is 1. The molecule has 3 aromatic carbocycles. The van der Waals surface area contributed by atoms with Gasteiger partial charge in [0.05, 0.1) is 0 Å². The summed E-state index contributed by atoms with van der Waals surface area (Å²) >= 11 is 0. The first-order chi connectivity index (χ1) is 12.4. The molecule has 1 nitrogen and oxygen atoms in total.